The number of aryl methyl sites for hydroxylation is 3. The van der Waals surface area contributed by atoms with E-state index in [1.165, 1.54) is 6.07 Å². The van der Waals surface area contributed by atoms with Crippen molar-refractivity contribution in [3.05, 3.63) is 52.6 Å². The van der Waals surface area contributed by atoms with Crippen molar-refractivity contribution in [3.63, 3.8) is 0 Å². The first-order valence-corrected chi connectivity index (χ1v) is 6.47. The third-order valence-electron chi connectivity index (χ3n) is 3.31. The van der Waals surface area contributed by atoms with Crippen LogP contribution in [-0.2, 0) is 19.9 Å². The summed E-state index contributed by atoms with van der Waals surface area (Å²) in [5, 5.41) is 14.5. The van der Waals surface area contributed by atoms with Gasteiger partial charge in [-0.05, 0) is 31.0 Å². The summed E-state index contributed by atoms with van der Waals surface area (Å²) < 4.78 is 15.5. The zero-order valence-corrected chi connectivity index (χ0v) is 11.5. The van der Waals surface area contributed by atoms with Crippen LogP contribution in [0.25, 0.3) is 0 Å². The molecule has 0 fully saturated rings. The van der Waals surface area contributed by atoms with Gasteiger partial charge >= 0.3 is 0 Å². The maximum absolute atomic E-state index is 13.8. The number of aromatic nitrogens is 2. The number of halogens is 1. The van der Waals surface area contributed by atoms with E-state index in [0.717, 1.165) is 23.4 Å². The van der Waals surface area contributed by atoms with Gasteiger partial charge in [-0.1, -0.05) is 19.1 Å². The molecule has 0 aliphatic carbocycles. The largest absolute Gasteiger partial charge is 0.388 e. The van der Waals surface area contributed by atoms with E-state index in [-0.39, 0.29) is 5.82 Å². The van der Waals surface area contributed by atoms with Crippen LogP contribution in [0.2, 0.25) is 0 Å². The Morgan fingerprint density at radius 3 is 2.68 bits per heavy atom. The van der Waals surface area contributed by atoms with E-state index in [1.54, 1.807) is 10.7 Å². The molecule has 4 heteroatoms. The molecule has 1 atom stereocenters. The molecular weight excluding hydrogens is 243 g/mol. The summed E-state index contributed by atoms with van der Waals surface area (Å²) in [5.41, 5.74) is 3.07. The Kier molecular flexibility index (Phi) is 4.00. The van der Waals surface area contributed by atoms with Crippen LogP contribution < -0.4 is 0 Å². The van der Waals surface area contributed by atoms with Crippen LogP contribution in [-0.4, -0.2) is 14.9 Å². The molecule has 1 unspecified atom stereocenters. The van der Waals surface area contributed by atoms with Crippen LogP contribution in [0, 0.1) is 12.7 Å². The van der Waals surface area contributed by atoms with Crippen LogP contribution in [0.4, 0.5) is 4.39 Å². The van der Waals surface area contributed by atoms with Crippen molar-refractivity contribution >= 4 is 0 Å². The lowest BCUT2D eigenvalue weighted by atomic mass is 10.0. The predicted octanol–water partition coefficient (Wildman–Crippen LogP) is 2.71. The van der Waals surface area contributed by atoms with E-state index in [1.807, 2.05) is 33.0 Å². The molecule has 0 spiro atoms. The highest BCUT2D eigenvalue weighted by Gasteiger charge is 2.16. The van der Waals surface area contributed by atoms with Gasteiger partial charge in [-0.2, -0.15) is 5.10 Å². The van der Waals surface area contributed by atoms with Gasteiger partial charge in [0.25, 0.3) is 0 Å². The minimum absolute atomic E-state index is 0.338. The summed E-state index contributed by atoms with van der Waals surface area (Å²) in [7, 11) is 1.84. The van der Waals surface area contributed by atoms with Gasteiger partial charge in [0, 0.05) is 24.7 Å². The van der Waals surface area contributed by atoms with Crippen molar-refractivity contribution in [2.45, 2.75) is 32.8 Å². The highest BCUT2D eigenvalue weighted by Crippen LogP contribution is 2.22. The average Bonchev–Trinajstić information content (AvgIpc) is 2.70. The lowest BCUT2D eigenvalue weighted by molar-refractivity contribution is 0.171. The van der Waals surface area contributed by atoms with Crippen LogP contribution >= 0.6 is 0 Å². The molecule has 2 rings (SSSR count). The Balaban J connectivity index is 2.20. The molecule has 19 heavy (non-hydrogen) atoms. The summed E-state index contributed by atoms with van der Waals surface area (Å²) >= 11 is 0. The first-order valence-electron chi connectivity index (χ1n) is 6.47. The molecule has 0 aliphatic heterocycles. The smallest absolute Gasteiger partial charge is 0.129 e. The average molecular weight is 262 g/mol. The monoisotopic (exact) mass is 262 g/mol. The molecular formula is C15H19FN2O. The van der Waals surface area contributed by atoms with Gasteiger partial charge in [-0.3, -0.25) is 4.68 Å². The topological polar surface area (TPSA) is 38.0 Å². The number of benzene rings is 1. The van der Waals surface area contributed by atoms with Gasteiger partial charge in [-0.15, -0.1) is 0 Å². The van der Waals surface area contributed by atoms with Crippen LogP contribution in [0.3, 0.4) is 0 Å². The molecule has 1 N–H and O–H groups in total. The molecule has 3 nitrogen and oxygen atoms in total. The summed E-state index contributed by atoms with van der Waals surface area (Å²) in [6.07, 6.45) is 0.368. The van der Waals surface area contributed by atoms with E-state index in [4.69, 9.17) is 0 Å². The molecule has 2 aromatic rings. The molecule has 1 aromatic carbocycles. The summed E-state index contributed by atoms with van der Waals surface area (Å²) in [4.78, 5) is 0. The van der Waals surface area contributed by atoms with E-state index in [2.05, 4.69) is 5.10 Å². The molecule has 1 heterocycles. The Hall–Kier alpha value is -1.68. The molecule has 0 aliphatic rings. The maximum Gasteiger partial charge on any atom is 0.129 e. The number of aliphatic hydroxyl groups excluding tert-OH is 1. The number of rotatable bonds is 4. The fourth-order valence-corrected chi connectivity index (χ4v) is 2.15. The second-order valence-corrected chi connectivity index (χ2v) is 4.85. The van der Waals surface area contributed by atoms with E-state index >= 15 is 0 Å². The van der Waals surface area contributed by atoms with Gasteiger partial charge < -0.3 is 5.11 Å². The molecule has 0 saturated heterocycles. The van der Waals surface area contributed by atoms with Gasteiger partial charge in [-0.25, -0.2) is 4.39 Å². The van der Waals surface area contributed by atoms with Crippen LogP contribution in [0.15, 0.2) is 24.3 Å². The van der Waals surface area contributed by atoms with Gasteiger partial charge in [0.2, 0.25) is 0 Å². The van der Waals surface area contributed by atoms with Gasteiger partial charge in [0.05, 0.1) is 11.8 Å². The van der Waals surface area contributed by atoms with E-state index in [9.17, 15) is 9.50 Å². The van der Waals surface area contributed by atoms with E-state index in [0.29, 0.717) is 12.0 Å². The summed E-state index contributed by atoms with van der Waals surface area (Å²) in [6.45, 7) is 3.86. The number of hydrogen-bond acceptors (Lipinski definition) is 2. The van der Waals surface area contributed by atoms with Gasteiger partial charge in [0.1, 0.15) is 5.82 Å². The Morgan fingerprint density at radius 1 is 1.37 bits per heavy atom. The predicted molar refractivity (Wildman–Crippen MR) is 72.4 cm³/mol. The second-order valence-electron chi connectivity index (χ2n) is 4.85. The molecule has 0 saturated carbocycles. The minimum atomic E-state index is -0.847. The van der Waals surface area contributed by atoms with Crippen molar-refractivity contribution in [2.24, 2.45) is 7.05 Å². The first kappa shape index (κ1) is 13.7. The normalized spacial score (nSPS) is 12.7. The first-order chi connectivity index (χ1) is 9.01. The van der Waals surface area contributed by atoms with Crippen molar-refractivity contribution in [3.8, 4) is 0 Å². The second kappa shape index (κ2) is 5.53. The van der Waals surface area contributed by atoms with Crippen LogP contribution in [0.1, 0.15) is 35.5 Å². The third-order valence-corrected chi connectivity index (χ3v) is 3.31. The zero-order valence-electron chi connectivity index (χ0n) is 11.5. The SMILES string of the molecule is CCc1cc(CC(O)c2ccc(C)cc2F)n(C)n1. The number of hydrogen-bond donors (Lipinski definition) is 1. The van der Waals surface area contributed by atoms with Crippen molar-refractivity contribution in [1.82, 2.24) is 9.78 Å². The quantitative estimate of drug-likeness (QED) is 0.920. The Labute approximate surface area is 112 Å². The highest BCUT2D eigenvalue weighted by molar-refractivity contribution is 5.26. The summed E-state index contributed by atoms with van der Waals surface area (Å²) in [6, 6.07) is 6.85. The van der Waals surface area contributed by atoms with E-state index < -0.39 is 6.10 Å². The highest BCUT2D eigenvalue weighted by atomic mass is 19.1. The number of aliphatic hydroxyl groups is 1. The molecule has 0 bridgehead atoms. The van der Waals surface area contributed by atoms with Gasteiger partial charge in [0.15, 0.2) is 0 Å². The number of nitrogens with zero attached hydrogens (tertiary/aromatic N) is 2. The molecule has 0 radical (unpaired) electrons. The molecule has 1 aromatic heterocycles. The molecule has 102 valence electrons. The fourth-order valence-electron chi connectivity index (χ4n) is 2.15. The zero-order chi connectivity index (χ0) is 14.0. The van der Waals surface area contributed by atoms with Crippen LogP contribution in [0.5, 0.6) is 0 Å². The lowest BCUT2D eigenvalue weighted by Crippen LogP contribution is -2.08. The van der Waals surface area contributed by atoms with Crippen molar-refractivity contribution in [1.29, 1.82) is 0 Å². The summed E-state index contributed by atoms with van der Waals surface area (Å²) in [5.74, 6) is -0.356. The fraction of sp³-hybridized carbons (Fsp3) is 0.400. The Morgan fingerprint density at radius 2 is 2.11 bits per heavy atom. The maximum atomic E-state index is 13.8. The standard InChI is InChI=1S/C15H19FN2O/c1-4-11-8-12(18(3)17-11)9-15(19)13-6-5-10(2)7-14(13)16/h5-8,15,19H,4,9H2,1-3H3. The third kappa shape index (κ3) is 3.01. The molecule has 0 amide bonds. The minimum Gasteiger partial charge on any atom is -0.388 e. The lowest BCUT2D eigenvalue weighted by Gasteiger charge is -2.12. The van der Waals surface area contributed by atoms with Crippen molar-refractivity contribution < 1.29 is 9.50 Å². The Bertz CT molecular complexity index is 578. The van der Waals surface area contributed by atoms with Crippen molar-refractivity contribution in [2.75, 3.05) is 0 Å².